The second kappa shape index (κ2) is 10.4. The summed E-state index contributed by atoms with van der Waals surface area (Å²) in [6.07, 6.45) is 2.97. The van der Waals surface area contributed by atoms with E-state index < -0.39 is 4.92 Å². The summed E-state index contributed by atoms with van der Waals surface area (Å²) in [6.45, 7) is 3.66. The van der Waals surface area contributed by atoms with Gasteiger partial charge in [0.1, 0.15) is 0 Å². The van der Waals surface area contributed by atoms with E-state index in [1.54, 1.807) is 12.1 Å². The van der Waals surface area contributed by atoms with Crippen LogP contribution in [0.15, 0.2) is 59.0 Å². The molecule has 2 heterocycles. The van der Waals surface area contributed by atoms with Gasteiger partial charge in [-0.05, 0) is 43.9 Å². The lowest BCUT2D eigenvalue weighted by Gasteiger charge is -2.34. The highest BCUT2D eigenvalue weighted by atomic mass is 16.6. The number of non-ortho nitro benzene ring substituents is 1. The molecule has 0 radical (unpaired) electrons. The van der Waals surface area contributed by atoms with E-state index in [0.29, 0.717) is 23.8 Å². The summed E-state index contributed by atoms with van der Waals surface area (Å²) in [5, 5.41) is 22.3. The molecule has 1 saturated heterocycles. The molecule has 1 N–H and O–H groups in total. The van der Waals surface area contributed by atoms with Gasteiger partial charge < -0.3 is 9.73 Å². The number of nitrogens with one attached hydrogen (secondary N) is 1. The van der Waals surface area contributed by atoms with Crippen molar-refractivity contribution in [3.8, 4) is 11.5 Å². The van der Waals surface area contributed by atoms with E-state index in [4.69, 9.17) is 4.42 Å². The molecule has 0 spiro atoms. The lowest BCUT2D eigenvalue weighted by molar-refractivity contribution is -0.384. The van der Waals surface area contributed by atoms with Crippen molar-refractivity contribution in [2.45, 2.75) is 44.7 Å². The number of hydrogen-bond donors (Lipinski definition) is 1. The highest BCUT2D eigenvalue weighted by Crippen LogP contribution is 2.27. The van der Waals surface area contributed by atoms with Crippen molar-refractivity contribution in [1.29, 1.82) is 0 Å². The molecular weight excluding hydrogens is 422 g/mol. The first-order valence-electron chi connectivity index (χ1n) is 11.1. The fourth-order valence-corrected chi connectivity index (χ4v) is 4.04. The second-order valence-corrected chi connectivity index (χ2v) is 8.29. The van der Waals surface area contributed by atoms with E-state index in [1.807, 2.05) is 37.3 Å². The second-order valence-electron chi connectivity index (χ2n) is 8.29. The van der Waals surface area contributed by atoms with Crippen molar-refractivity contribution in [2.75, 3.05) is 13.1 Å². The van der Waals surface area contributed by atoms with Gasteiger partial charge in [-0.3, -0.25) is 19.8 Å². The zero-order valence-electron chi connectivity index (χ0n) is 18.5. The van der Waals surface area contributed by atoms with Crippen molar-refractivity contribution in [2.24, 2.45) is 0 Å². The average molecular weight is 450 g/mol. The predicted octanol–water partition coefficient (Wildman–Crippen LogP) is 3.92. The van der Waals surface area contributed by atoms with Gasteiger partial charge in [-0.25, -0.2) is 0 Å². The number of amides is 1. The highest BCUT2D eigenvalue weighted by Gasteiger charge is 2.27. The smallest absolute Gasteiger partial charge is 0.269 e. The van der Waals surface area contributed by atoms with Crippen LogP contribution in [0.3, 0.4) is 0 Å². The Morgan fingerprint density at radius 3 is 2.52 bits per heavy atom. The van der Waals surface area contributed by atoms with Crippen LogP contribution in [-0.2, 0) is 11.2 Å². The Hall–Kier alpha value is -3.59. The van der Waals surface area contributed by atoms with Crippen molar-refractivity contribution in [1.82, 2.24) is 20.4 Å². The number of aryl methyl sites for hydroxylation is 1. The van der Waals surface area contributed by atoms with Gasteiger partial charge in [0.2, 0.25) is 17.7 Å². The summed E-state index contributed by atoms with van der Waals surface area (Å²) >= 11 is 0. The highest BCUT2D eigenvalue weighted by molar-refractivity contribution is 5.76. The Balaban J connectivity index is 1.26. The van der Waals surface area contributed by atoms with Crippen LogP contribution in [0.25, 0.3) is 11.5 Å². The average Bonchev–Trinajstić information content (AvgIpc) is 3.34. The molecule has 33 heavy (non-hydrogen) atoms. The van der Waals surface area contributed by atoms with E-state index in [0.717, 1.165) is 32.4 Å². The van der Waals surface area contributed by atoms with Crippen LogP contribution in [0.1, 0.15) is 43.7 Å². The zero-order chi connectivity index (χ0) is 23.2. The molecule has 172 valence electrons. The van der Waals surface area contributed by atoms with Gasteiger partial charge >= 0.3 is 0 Å². The molecule has 9 heteroatoms. The molecule has 9 nitrogen and oxygen atoms in total. The minimum Gasteiger partial charge on any atom is -0.419 e. The lowest BCUT2D eigenvalue weighted by atomic mass is 10.0. The van der Waals surface area contributed by atoms with Crippen LogP contribution in [-0.4, -0.2) is 45.1 Å². The van der Waals surface area contributed by atoms with Crippen LogP contribution in [0.5, 0.6) is 0 Å². The number of nitro benzene ring substituents is 1. The maximum absolute atomic E-state index is 12.3. The van der Waals surface area contributed by atoms with E-state index in [1.165, 1.54) is 17.7 Å². The monoisotopic (exact) mass is 449 g/mol. The molecule has 0 bridgehead atoms. The van der Waals surface area contributed by atoms with Gasteiger partial charge in [-0.2, -0.15) is 0 Å². The molecule has 0 saturated carbocycles. The Morgan fingerprint density at radius 2 is 1.85 bits per heavy atom. The minimum atomic E-state index is -0.444. The minimum absolute atomic E-state index is 0.0156. The first-order valence-corrected chi connectivity index (χ1v) is 11.1. The Bertz CT molecular complexity index is 1080. The molecule has 4 rings (SSSR count). The molecule has 1 fully saturated rings. The van der Waals surface area contributed by atoms with E-state index in [-0.39, 0.29) is 23.7 Å². The van der Waals surface area contributed by atoms with Gasteiger partial charge in [0.15, 0.2) is 0 Å². The maximum Gasteiger partial charge on any atom is 0.269 e. The number of piperidine rings is 1. The number of aromatic nitrogens is 2. The SMILES string of the molecule is CC(c1nnc(-c2ccc([N+](=O)[O-])cc2)o1)N1CCC(NC(=O)CCc2ccccc2)CC1. The number of nitrogens with zero attached hydrogens (tertiary/aromatic N) is 4. The van der Waals surface area contributed by atoms with Crippen molar-refractivity contribution in [3.63, 3.8) is 0 Å². The number of hydrogen-bond acceptors (Lipinski definition) is 7. The predicted molar refractivity (Wildman–Crippen MR) is 122 cm³/mol. The van der Waals surface area contributed by atoms with Crippen molar-refractivity contribution >= 4 is 11.6 Å². The fourth-order valence-electron chi connectivity index (χ4n) is 4.04. The van der Waals surface area contributed by atoms with Crippen LogP contribution < -0.4 is 5.32 Å². The molecule has 2 aromatic carbocycles. The van der Waals surface area contributed by atoms with Crippen molar-refractivity contribution in [3.05, 3.63) is 76.2 Å². The number of rotatable bonds is 8. The quantitative estimate of drug-likeness (QED) is 0.409. The zero-order valence-corrected chi connectivity index (χ0v) is 18.5. The normalized spacial score (nSPS) is 15.8. The summed E-state index contributed by atoms with van der Waals surface area (Å²) in [5.41, 5.74) is 1.83. The molecule has 1 amide bonds. The molecule has 1 aromatic heterocycles. The number of nitro groups is 1. The molecule has 0 aliphatic carbocycles. The summed E-state index contributed by atoms with van der Waals surface area (Å²) in [4.78, 5) is 25.0. The number of carbonyl (C=O) groups is 1. The topological polar surface area (TPSA) is 114 Å². The third kappa shape index (κ3) is 5.81. The third-order valence-electron chi connectivity index (χ3n) is 6.05. The number of carbonyl (C=O) groups excluding carboxylic acids is 1. The first-order chi connectivity index (χ1) is 16.0. The Morgan fingerprint density at radius 1 is 1.15 bits per heavy atom. The third-order valence-corrected chi connectivity index (χ3v) is 6.05. The van der Waals surface area contributed by atoms with Crippen LogP contribution in [0.4, 0.5) is 5.69 Å². The van der Waals surface area contributed by atoms with Gasteiger partial charge in [0.25, 0.3) is 5.69 Å². The summed E-state index contributed by atoms with van der Waals surface area (Å²) in [6, 6.07) is 16.2. The van der Waals surface area contributed by atoms with Gasteiger partial charge in [-0.15, -0.1) is 10.2 Å². The molecule has 3 aromatic rings. The van der Waals surface area contributed by atoms with Gasteiger partial charge in [0, 0.05) is 43.2 Å². The molecule has 1 unspecified atom stereocenters. The number of likely N-dealkylation sites (tertiary alicyclic amines) is 1. The molecule has 1 atom stereocenters. The Labute approximate surface area is 192 Å². The number of benzene rings is 2. The van der Waals surface area contributed by atoms with E-state index >= 15 is 0 Å². The molecule has 1 aliphatic rings. The van der Waals surface area contributed by atoms with E-state index in [2.05, 4.69) is 20.4 Å². The maximum atomic E-state index is 12.3. The van der Waals surface area contributed by atoms with Crippen LogP contribution >= 0.6 is 0 Å². The molecule has 1 aliphatic heterocycles. The van der Waals surface area contributed by atoms with Crippen molar-refractivity contribution < 1.29 is 14.1 Å². The van der Waals surface area contributed by atoms with Gasteiger partial charge in [0.05, 0.1) is 11.0 Å². The lowest BCUT2D eigenvalue weighted by Crippen LogP contribution is -2.45. The van der Waals surface area contributed by atoms with Crippen LogP contribution in [0.2, 0.25) is 0 Å². The van der Waals surface area contributed by atoms with E-state index in [9.17, 15) is 14.9 Å². The first kappa shape index (κ1) is 22.6. The Kier molecular flexibility index (Phi) is 7.09. The summed E-state index contributed by atoms with van der Waals surface area (Å²) in [5.74, 6) is 0.941. The van der Waals surface area contributed by atoms with Gasteiger partial charge in [-0.1, -0.05) is 30.3 Å². The van der Waals surface area contributed by atoms with Crippen LogP contribution in [0, 0.1) is 10.1 Å². The molecular formula is C24H27N5O4. The summed E-state index contributed by atoms with van der Waals surface area (Å²) in [7, 11) is 0. The largest absolute Gasteiger partial charge is 0.419 e. The standard InChI is InChI=1S/C24H27N5O4/c1-17(23-26-27-24(33-23)19-8-10-21(11-9-19)29(31)32)28-15-13-20(14-16-28)25-22(30)12-7-18-5-3-2-4-6-18/h2-6,8-11,17,20H,7,12-16H2,1H3,(H,25,30). The summed E-state index contributed by atoms with van der Waals surface area (Å²) < 4.78 is 5.85. The fraction of sp³-hybridized carbons (Fsp3) is 0.375.